The molecule has 0 aromatic heterocycles. The average Bonchev–Trinajstić information content (AvgIpc) is 2.59. The summed E-state index contributed by atoms with van der Waals surface area (Å²) in [6, 6.07) is 10.8. The molecule has 0 N–H and O–H groups in total. The second-order valence-electron chi connectivity index (χ2n) is 8.13. The van der Waals surface area contributed by atoms with E-state index in [1.165, 1.54) is 82.6 Å². The van der Waals surface area contributed by atoms with Crippen LogP contribution in [0.1, 0.15) is 89.5 Å². The lowest BCUT2D eigenvalue weighted by Crippen LogP contribution is -3.00. The van der Waals surface area contributed by atoms with Gasteiger partial charge in [-0.1, -0.05) is 101 Å². The van der Waals surface area contributed by atoms with Gasteiger partial charge < -0.3 is 12.4 Å². The van der Waals surface area contributed by atoms with Crippen LogP contribution in [0.4, 0.5) is 0 Å². The molecule has 1 aromatic rings. The van der Waals surface area contributed by atoms with Gasteiger partial charge in [-0.2, -0.15) is 0 Å². The number of hydrogen-bond donors (Lipinski definition) is 0. The molecule has 0 fully saturated rings. The van der Waals surface area contributed by atoms with Crippen LogP contribution in [0.2, 0.25) is 0 Å². The highest BCUT2D eigenvalue weighted by atomic mass is 35.5. The predicted molar refractivity (Wildman–Crippen MR) is 112 cm³/mol. The molecule has 0 spiro atoms. The highest BCUT2D eigenvalue weighted by Crippen LogP contribution is 2.13. The van der Waals surface area contributed by atoms with Crippen molar-refractivity contribution in [2.24, 2.45) is 0 Å². The van der Waals surface area contributed by atoms with E-state index in [2.05, 4.69) is 63.6 Å². The lowest BCUT2D eigenvalue weighted by Gasteiger charge is -2.25. The van der Waals surface area contributed by atoms with E-state index in [1.807, 2.05) is 0 Å². The van der Waals surface area contributed by atoms with Crippen LogP contribution in [0.25, 0.3) is 0 Å². The molecule has 0 atom stereocenters. The first kappa shape index (κ1) is 25.2. The predicted octanol–water partition coefficient (Wildman–Crippen LogP) is 4.48. The van der Waals surface area contributed by atoms with Crippen molar-refractivity contribution in [3.05, 3.63) is 48.2 Å². The number of nitrogens with zero attached hydrogens (tertiary/aromatic N) is 1. The molecular weight excluding hydrogens is 338 g/mol. The highest BCUT2D eigenvalue weighted by molar-refractivity contribution is 5.13. The first-order valence-electron chi connectivity index (χ1n) is 10.7. The molecular formula is C24H42ClN. The van der Waals surface area contributed by atoms with Crippen molar-refractivity contribution in [2.75, 3.05) is 14.1 Å². The Kier molecular flexibility index (Phi) is 15.9. The summed E-state index contributed by atoms with van der Waals surface area (Å²) in [5.74, 6) is 0. The molecule has 1 nitrogen and oxygen atoms in total. The fourth-order valence-electron chi connectivity index (χ4n) is 3.39. The quantitative estimate of drug-likeness (QED) is 0.311. The SMILES string of the molecule is CCCCCCCCCCCCCC=C[N+](C)(C)Cc1ccccc1.[Cl-]. The maximum Gasteiger partial charge on any atom is 0.108 e. The van der Waals surface area contributed by atoms with Gasteiger partial charge in [-0.3, -0.25) is 4.48 Å². The summed E-state index contributed by atoms with van der Waals surface area (Å²) in [6.45, 7) is 3.36. The van der Waals surface area contributed by atoms with Crippen molar-refractivity contribution >= 4 is 0 Å². The van der Waals surface area contributed by atoms with Crippen molar-refractivity contribution in [3.8, 4) is 0 Å². The molecule has 0 saturated heterocycles. The summed E-state index contributed by atoms with van der Waals surface area (Å²) in [4.78, 5) is 0. The first-order valence-corrected chi connectivity index (χ1v) is 10.7. The molecule has 0 heterocycles. The summed E-state index contributed by atoms with van der Waals surface area (Å²) in [7, 11) is 4.56. The lowest BCUT2D eigenvalue weighted by atomic mass is 10.1. The smallest absolute Gasteiger partial charge is 0.108 e. The van der Waals surface area contributed by atoms with Gasteiger partial charge in [0.15, 0.2) is 0 Å². The van der Waals surface area contributed by atoms with Gasteiger partial charge in [-0.15, -0.1) is 0 Å². The van der Waals surface area contributed by atoms with Crippen LogP contribution in [0.15, 0.2) is 42.6 Å². The van der Waals surface area contributed by atoms with E-state index in [-0.39, 0.29) is 12.4 Å². The minimum Gasteiger partial charge on any atom is -1.00 e. The van der Waals surface area contributed by atoms with Crippen LogP contribution in [0, 0.1) is 0 Å². The number of benzene rings is 1. The Bertz CT molecular complexity index is 439. The van der Waals surface area contributed by atoms with Gasteiger partial charge in [0.1, 0.15) is 6.54 Å². The molecule has 0 radical (unpaired) electrons. The molecule has 0 saturated carbocycles. The van der Waals surface area contributed by atoms with Gasteiger partial charge in [0.2, 0.25) is 0 Å². The van der Waals surface area contributed by atoms with E-state index in [4.69, 9.17) is 0 Å². The third-order valence-electron chi connectivity index (χ3n) is 4.92. The zero-order valence-electron chi connectivity index (χ0n) is 17.6. The van der Waals surface area contributed by atoms with Gasteiger partial charge in [0.05, 0.1) is 20.3 Å². The summed E-state index contributed by atoms with van der Waals surface area (Å²) in [5.41, 5.74) is 1.41. The van der Waals surface area contributed by atoms with E-state index in [0.717, 1.165) is 11.0 Å². The third-order valence-corrected chi connectivity index (χ3v) is 4.92. The standard InChI is InChI=1S/C24H42N.ClH/c1-4-5-6-7-8-9-10-11-12-13-14-15-19-22-25(2,3)23-24-20-17-16-18-21-24;/h16-22H,4-15,23H2,1-3H3;1H/q+1;/p-1. The zero-order chi connectivity index (χ0) is 18.2. The van der Waals surface area contributed by atoms with E-state index in [0.29, 0.717) is 0 Å². The first-order chi connectivity index (χ1) is 12.1. The number of halogens is 1. The molecule has 0 aliphatic rings. The molecule has 1 rings (SSSR count). The van der Waals surface area contributed by atoms with E-state index in [9.17, 15) is 0 Å². The topological polar surface area (TPSA) is 0 Å². The van der Waals surface area contributed by atoms with E-state index >= 15 is 0 Å². The minimum absolute atomic E-state index is 0. The Morgan fingerprint density at radius 2 is 1.23 bits per heavy atom. The fourth-order valence-corrected chi connectivity index (χ4v) is 3.39. The second kappa shape index (κ2) is 16.4. The van der Waals surface area contributed by atoms with Crippen molar-refractivity contribution in [1.82, 2.24) is 0 Å². The van der Waals surface area contributed by atoms with Gasteiger partial charge in [-0.25, -0.2) is 0 Å². The summed E-state index contributed by atoms with van der Waals surface area (Å²) >= 11 is 0. The maximum atomic E-state index is 2.39. The minimum atomic E-state index is 0. The fraction of sp³-hybridized carbons (Fsp3) is 0.667. The molecule has 0 aliphatic heterocycles. The molecule has 1 aromatic carbocycles. The Morgan fingerprint density at radius 1 is 0.731 bits per heavy atom. The Hall–Kier alpha value is -0.790. The molecule has 0 bridgehead atoms. The lowest BCUT2D eigenvalue weighted by molar-refractivity contribution is -0.852. The van der Waals surface area contributed by atoms with Crippen molar-refractivity contribution in [1.29, 1.82) is 0 Å². The van der Waals surface area contributed by atoms with Crippen LogP contribution in [0.5, 0.6) is 0 Å². The Morgan fingerprint density at radius 3 is 1.77 bits per heavy atom. The number of hydrogen-bond acceptors (Lipinski definition) is 0. The molecule has 26 heavy (non-hydrogen) atoms. The summed E-state index contributed by atoms with van der Waals surface area (Å²) in [5, 5.41) is 0. The van der Waals surface area contributed by atoms with Crippen molar-refractivity contribution in [3.63, 3.8) is 0 Å². The van der Waals surface area contributed by atoms with Gasteiger partial charge >= 0.3 is 0 Å². The largest absolute Gasteiger partial charge is 1.00 e. The van der Waals surface area contributed by atoms with Crippen LogP contribution in [-0.4, -0.2) is 18.6 Å². The van der Waals surface area contributed by atoms with Crippen molar-refractivity contribution in [2.45, 2.75) is 90.5 Å². The van der Waals surface area contributed by atoms with Crippen molar-refractivity contribution < 1.29 is 16.9 Å². The van der Waals surface area contributed by atoms with Gasteiger partial charge in [0, 0.05) is 5.56 Å². The van der Waals surface area contributed by atoms with Crippen LogP contribution >= 0.6 is 0 Å². The van der Waals surface area contributed by atoms with E-state index in [1.54, 1.807) is 0 Å². The van der Waals surface area contributed by atoms with E-state index < -0.39 is 0 Å². The molecule has 2 heteroatoms. The number of quaternary nitrogens is 1. The number of allylic oxidation sites excluding steroid dienone is 1. The van der Waals surface area contributed by atoms with Crippen LogP contribution in [0.3, 0.4) is 0 Å². The number of unbranched alkanes of at least 4 members (excludes halogenated alkanes) is 11. The normalized spacial score (nSPS) is 11.7. The molecule has 0 aliphatic carbocycles. The summed E-state index contributed by atoms with van der Waals surface area (Å²) in [6.07, 6.45) is 21.6. The molecule has 0 unspecified atom stereocenters. The monoisotopic (exact) mass is 379 g/mol. The van der Waals surface area contributed by atoms with Gasteiger partial charge in [-0.05, 0) is 18.9 Å². The highest BCUT2D eigenvalue weighted by Gasteiger charge is 2.11. The molecule has 150 valence electrons. The molecule has 0 amide bonds. The van der Waals surface area contributed by atoms with Gasteiger partial charge in [0.25, 0.3) is 0 Å². The zero-order valence-corrected chi connectivity index (χ0v) is 18.3. The second-order valence-corrected chi connectivity index (χ2v) is 8.13. The number of rotatable bonds is 15. The summed E-state index contributed by atoms with van der Waals surface area (Å²) < 4.78 is 0.933. The van der Waals surface area contributed by atoms with Crippen LogP contribution in [-0.2, 0) is 6.54 Å². The average molecular weight is 380 g/mol. The Balaban J connectivity index is 0.00000625. The Labute approximate surface area is 169 Å². The third kappa shape index (κ3) is 14.4. The van der Waals surface area contributed by atoms with Crippen LogP contribution < -0.4 is 12.4 Å². The maximum absolute atomic E-state index is 2.39.